The van der Waals surface area contributed by atoms with Gasteiger partial charge in [-0.2, -0.15) is 0 Å². The number of nitrogens with two attached hydrogens (primary N) is 1. The van der Waals surface area contributed by atoms with E-state index in [-0.39, 0.29) is 0 Å². The molecule has 3 aromatic rings. The Balaban J connectivity index is 1.79. The normalized spacial score (nSPS) is 11.1. The average molecular weight is 294 g/mol. The molecule has 3 rings (SSSR count). The second kappa shape index (κ2) is 5.21. The fourth-order valence-electron chi connectivity index (χ4n) is 1.87. The predicted octanol–water partition coefficient (Wildman–Crippen LogP) is 3.09. The van der Waals surface area contributed by atoms with E-state index in [4.69, 9.17) is 22.1 Å². The van der Waals surface area contributed by atoms with Crippen molar-refractivity contribution in [1.29, 1.82) is 0 Å². The van der Waals surface area contributed by atoms with Gasteiger partial charge in [-0.25, -0.2) is 4.98 Å². The summed E-state index contributed by atoms with van der Waals surface area (Å²) in [6.45, 7) is 0.759. The van der Waals surface area contributed by atoms with Crippen LogP contribution in [0.25, 0.3) is 4.96 Å². The first-order chi connectivity index (χ1) is 9.28. The van der Waals surface area contributed by atoms with Gasteiger partial charge in [0.1, 0.15) is 12.4 Å². The lowest BCUT2D eigenvalue weighted by molar-refractivity contribution is 0.299. The smallest absolute Gasteiger partial charge is 0.193 e. The van der Waals surface area contributed by atoms with E-state index in [0.717, 1.165) is 16.2 Å². The third-order valence-electron chi connectivity index (χ3n) is 2.80. The van der Waals surface area contributed by atoms with Crippen molar-refractivity contribution >= 4 is 27.9 Å². The maximum atomic E-state index is 6.08. The molecular formula is C13H12ClN3OS. The van der Waals surface area contributed by atoms with Gasteiger partial charge in [-0.3, -0.25) is 4.40 Å². The first kappa shape index (κ1) is 12.5. The van der Waals surface area contributed by atoms with Crippen LogP contribution in [0, 0.1) is 0 Å². The van der Waals surface area contributed by atoms with Crippen LogP contribution in [0.1, 0.15) is 11.3 Å². The van der Waals surface area contributed by atoms with Gasteiger partial charge in [0.2, 0.25) is 0 Å². The van der Waals surface area contributed by atoms with Crippen molar-refractivity contribution in [3.63, 3.8) is 0 Å². The molecular weight excluding hydrogens is 282 g/mol. The maximum absolute atomic E-state index is 6.08. The summed E-state index contributed by atoms with van der Waals surface area (Å²) in [4.78, 5) is 5.42. The van der Waals surface area contributed by atoms with Crippen molar-refractivity contribution in [2.24, 2.45) is 5.73 Å². The topological polar surface area (TPSA) is 52.5 Å². The fraction of sp³-hybridized carbons (Fsp3) is 0.154. The van der Waals surface area contributed by atoms with Gasteiger partial charge < -0.3 is 10.5 Å². The molecule has 2 N–H and O–H groups in total. The van der Waals surface area contributed by atoms with E-state index >= 15 is 0 Å². The Morgan fingerprint density at radius 3 is 3.11 bits per heavy atom. The van der Waals surface area contributed by atoms with Crippen molar-refractivity contribution in [1.82, 2.24) is 9.38 Å². The zero-order valence-electron chi connectivity index (χ0n) is 10.0. The number of imidazole rings is 1. The number of nitrogens with zero attached hydrogens (tertiary/aromatic N) is 2. The van der Waals surface area contributed by atoms with Gasteiger partial charge in [0.15, 0.2) is 4.96 Å². The van der Waals surface area contributed by atoms with Gasteiger partial charge in [-0.15, -0.1) is 11.3 Å². The largest absolute Gasteiger partial charge is 0.487 e. The van der Waals surface area contributed by atoms with E-state index in [1.165, 1.54) is 0 Å². The first-order valence-electron chi connectivity index (χ1n) is 5.79. The SMILES string of the molecule is NCc1c(Cl)cccc1OCc1cn2ccsc2n1. The average Bonchev–Trinajstić information content (AvgIpc) is 2.97. The number of fused-ring (bicyclic) bond motifs is 1. The van der Waals surface area contributed by atoms with Gasteiger partial charge in [0.25, 0.3) is 0 Å². The van der Waals surface area contributed by atoms with Gasteiger partial charge in [-0.05, 0) is 12.1 Å². The molecule has 0 radical (unpaired) electrons. The van der Waals surface area contributed by atoms with E-state index in [1.54, 1.807) is 11.3 Å². The van der Waals surface area contributed by atoms with E-state index in [2.05, 4.69) is 4.98 Å². The van der Waals surface area contributed by atoms with Crippen molar-refractivity contribution in [3.8, 4) is 5.75 Å². The minimum Gasteiger partial charge on any atom is -0.487 e. The molecule has 6 heteroatoms. The highest BCUT2D eigenvalue weighted by Crippen LogP contribution is 2.26. The lowest BCUT2D eigenvalue weighted by atomic mass is 10.2. The van der Waals surface area contributed by atoms with Crippen LogP contribution < -0.4 is 10.5 Å². The molecule has 0 bridgehead atoms. The molecule has 4 nitrogen and oxygen atoms in total. The summed E-state index contributed by atoms with van der Waals surface area (Å²) >= 11 is 7.68. The van der Waals surface area contributed by atoms with Crippen molar-refractivity contribution in [3.05, 3.63) is 52.3 Å². The van der Waals surface area contributed by atoms with E-state index < -0.39 is 0 Å². The molecule has 19 heavy (non-hydrogen) atoms. The van der Waals surface area contributed by atoms with Crippen LogP contribution in [0.2, 0.25) is 5.02 Å². The minimum atomic E-state index is 0.354. The summed E-state index contributed by atoms with van der Waals surface area (Å²) in [6, 6.07) is 5.53. The van der Waals surface area contributed by atoms with Crippen LogP contribution in [0.15, 0.2) is 36.0 Å². The van der Waals surface area contributed by atoms with Gasteiger partial charge in [0.05, 0.1) is 5.69 Å². The van der Waals surface area contributed by atoms with Crippen molar-refractivity contribution < 1.29 is 4.74 Å². The summed E-state index contributed by atoms with van der Waals surface area (Å²) in [5.74, 6) is 0.714. The number of hydrogen-bond acceptors (Lipinski definition) is 4. The van der Waals surface area contributed by atoms with Gasteiger partial charge >= 0.3 is 0 Å². The molecule has 0 unspecified atom stereocenters. The number of hydrogen-bond donors (Lipinski definition) is 1. The first-order valence-corrected chi connectivity index (χ1v) is 7.05. The molecule has 0 spiro atoms. The maximum Gasteiger partial charge on any atom is 0.193 e. The minimum absolute atomic E-state index is 0.354. The van der Waals surface area contributed by atoms with E-state index in [0.29, 0.717) is 23.9 Å². The second-order valence-corrected chi connectivity index (χ2v) is 5.31. The number of benzene rings is 1. The Morgan fingerprint density at radius 2 is 2.32 bits per heavy atom. The second-order valence-electron chi connectivity index (χ2n) is 4.03. The van der Waals surface area contributed by atoms with Crippen LogP contribution in [0.4, 0.5) is 0 Å². The third-order valence-corrected chi connectivity index (χ3v) is 3.92. The van der Waals surface area contributed by atoms with E-state index in [1.807, 2.05) is 40.4 Å². The predicted molar refractivity (Wildman–Crippen MR) is 76.7 cm³/mol. The Morgan fingerprint density at radius 1 is 1.42 bits per heavy atom. The molecule has 2 aromatic heterocycles. The molecule has 98 valence electrons. The molecule has 1 aromatic carbocycles. The standard InChI is InChI=1S/C13H12ClN3OS/c14-11-2-1-3-12(10(11)6-15)18-8-9-7-17-4-5-19-13(17)16-9/h1-5,7H,6,8,15H2. The highest BCUT2D eigenvalue weighted by molar-refractivity contribution is 7.15. The Hall–Kier alpha value is -1.56. The summed E-state index contributed by atoms with van der Waals surface area (Å²) in [5.41, 5.74) is 7.39. The lowest BCUT2D eigenvalue weighted by Crippen LogP contribution is -2.03. The summed E-state index contributed by atoms with van der Waals surface area (Å²) in [5, 5.41) is 2.63. The number of aromatic nitrogens is 2. The molecule has 0 aliphatic rings. The molecule has 0 saturated carbocycles. The molecule has 0 fully saturated rings. The third kappa shape index (κ3) is 2.45. The van der Waals surface area contributed by atoms with Gasteiger partial charge in [0, 0.05) is 34.9 Å². The zero-order valence-corrected chi connectivity index (χ0v) is 11.6. The Labute approximate surface area is 119 Å². The zero-order chi connectivity index (χ0) is 13.2. The lowest BCUT2D eigenvalue weighted by Gasteiger charge is -2.10. The van der Waals surface area contributed by atoms with Crippen LogP contribution in [-0.2, 0) is 13.2 Å². The Bertz CT molecular complexity index is 678. The monoisotopic (exact) mass is 293 g/mol. The number of thiazole rings is 1. The van der Waals surface area contributed by atoms with Gasteiger partial charge in [-0.1, -0.05) is 17.7 Å². The number of ether oxygens (including phenoxy) is 1. The highest BCUT2D eigenvalue weighted by atomic mass is 35.5. The molecule has 0 aliphatic carbocycles. The Kier molecular flexibility index (Phi) is 3.42. The quantitative estimate of drug-likeness (QED) is 0.804. The van der Waals surface area contributed by atoms with Crippen molar-refractivity contribution in [2.45, 2.75) is 13.2 Å². The van der Waals surface area contributed by atoms with Crippen LogP contribution in [0.5, 0.6) is 5.75 Å². The van der Waals surface area contributed by atoms with Crippen LogP contribution in [0.3, 0.4) is 0 Å². The van der Waals surface area contributed by atoms with Crippen molar-refractivity contribution in [2.75, 3.05) is 0 Å². The molecule has 0 atom stereocenters. The van der Waals surface area contributed by atoms with Crippen LogP contribution in [-0.4, -0.2) is 9.38 Å². The number of halogens is 1. The van der Waals surface area contributed by atoms with E-state index in [9.17, 15) is 0 Å². The summed E-state index contributed by atoms with van der Waals surface area (Å²) in [7, 11) is 0. The molecule has 0 saturated heterocycles. The molecule has 0 aliphatic heterocycles. The summed E-state index contributed by atoms with van der Waals surface area (Å²) < 4.78 is 7.74. The molecule has 2 heterocycles. The highest BCUT2D eigenvalue weighted by Gasteiger charge is 2.08. The molecule has 0 amide bonds. The number of rotatable bonds is 4. The summed E-state index contributed by atoms with van der Waals surface area (Å²) in [6.07, 6.45) is 3.93. The van der Waals surface area contributed by atoms with Crippen LogP contribution >= 0.6 is 22.9 Å². The fourth-order valence-corrected chi connectivity index (χ4v) is 2.83.